The number of rotatable bonds is 5. The molecule has 0 spiro atoms. The number of ether oxygens (including phenoxy) is 1. The number of carbonyl (C=O) groups is 1. The second-order valence-electron chi connectivity index (χ2n) is 5.06. The van der Waals surface area contributed by atoms with Gasteiger partial charge in [-0.15, -0.1) is 0 Å². The van der Waals surface area contributed by atoms with Crippen LogP contribution < -0.4 is 10.1 Å². The highest BCUT2D eigenvalue weighted by Crippen LogP contribution is 2.21. The SMILES string of the molecule is COc1ccccc1CC(C#N)C(=O)Nc1cccc(C)c1. The summed E-state index contributed by atoms with van der Waals surface area (Å²) in [7, 11) is 1.58. The molecule has 22 heavy (non-hydrogen) atoms. The molecule has 0 aliphatic rings. The second-order valence-corrected chi connectivity index (χ2v) is 5.06. The molecule has 0 radical (unpaired) electrons. The molecule has 0 aliphatic carbocycles. The predicted molar refractivity (Wildman–Crippen MR) is 85.6 cm³/mol. The average Bonchev–Trinajstić information content (AvgIpc) is 2.52. The van der Waals surface area contributed by atoms with Gasteiger partial charge in [-0.25, -0.2) is 0 Å². The van der Waals surface area contributed by atoms with E-state index < -0.39 is 5.92 Å². The summed E-state index contributed by atoms with van der Waals surface area (Å²) in [5.41, 5.74) is 2.59. The molecule has 0 bridgehead atoms. The van der Waals surface area contributed by atoms with Crippen molar-refractivity contribution >= 4 is 11.6 Å². The van der Waals surface area contributed by atoms with E-state index in [1.807, 2.05) is 55.5 Å². The molecule has 1 unspecified atom stereocenters. The van der Waals surface area contributed by atoms with Crippen LogP contribution in [0, 0.1) is 24.2 Å². The van der Waals surface area contributed by atoms with Crippen molar-refractivity contribution in [2.75, 3.05) is 12.4 Å². The van der Waals surface area contributed by atoms with Crippen molar-refractivity contribution in [3.63, 3.8) is 0 Å². The zero-order chi connectivity index (χ0) is 15.9. The maximum absolute atomic E-state index is 12.3. The van der Waals surface area contributed by atoms with Crippen molar-refractivity contribution in [1.82, 2.24) is 0 Å². The van der Waals surface area contributed by atoms with Crippen LogP contribution in [-0.2, 0) is 11.2 Å². The van der Waals surface area contributed by atoms with E-state index in [0.717, 1.165) is 11.1 Å². The number of hydrogen-bond donors (Lipinski definition) is 1. The number of para-hydroxylation sites is 1. The fourth-order valence-electron chi connectivity index (χ4n) is 2.24. The van der Waals surface area contributed by atoms with Gasteiger partial charge in [0, 0.05) is 12.1 Å². The van der Waals surface area contributed by atoms with E-state index in [1.54, 1.807) is 7.11 Å². The molecule has 1 amide bonds. The first kappa shape index (κ1) is 15.6. The minimum Gasteiger partial charge on any atom is -0.496 e. The number of methoxy groups -OCH3 is 1. The average molecular weight is 294 g/mol. The van der Waals surface area contributed by atoms with E-state index in [4.69, 9.17) is 4.74 Å². The van der Waals surface area contributed by atoms with E-state index in [9.17, 15) is 10.1 Å². The minimum absolute atomic E-state index is 0.306. The largest absolute Gasteiger partial charge is 0.496 e. The third kappa shape index (κ3) is 3.86. The van der Waals surface area contributed by atoms with E-state index >= 15 is 0 Å². The van der Waals surface area contributed by atoms with Crippen molar-refractivity contribution in [2.24, 2.45) is 5.92 Å². The highest BCUT2D eigenvalue weighted by atomic mass is 16.5. The third-order valence-corrected chi connectivity index (χ3v) is 3.37. The first-order chi connectivity index (χ1) is 10.6. The van der Waals surface area contributed by atoms with Crippen LogP contribution >= 0.6 is 0 Å². The zero-order valence-electron chi connectivity index (χ0n) is 12.7. The number of carbonyl (C=O) groups excluding carboxylic acids is 1. The summed E-state index contributed by atoms with van der Waals surface area (Å²) >= 11 is 0. The second kappa shape index (κ2) is 7.28. The van der Waals surface area contributed by atoms with Crippen LogP contribution in [0.2, 0.25) is 0 Å². The van der Waals surface area contributed by atoms with E-state index in [2.05, 4.69) is 11.4 Å². The van der Waals surface area contributed by atoms with Gasteiger partial charge in [-0.3, -0.25) is 4.79 Å². The normalized spacial score (nSPS) is 11.3. The van der Waals surface area contributed by atoms with Gasteiger partial charge in [0.1, 0.15) is 11.7 Å². The van der Waals surface area contributed by atoms with Gasteiger partial charge in [-0.1, -0.05) is 30.3 Å². The first-order valence-electron chi connectivity index (χ1n) is 7.03. The molecule has 2 aromatic carbocycles. The van der Waals surface area contributed by atoms with E-state index in [-0.39, 0.29) is 5.91 Å². The number of nitriles is 1. The summed E-state index contributed by atoms with van der Waals surface area (Å²) in [4.78, 5) is 12.3. The molecule has 1 N–H and O–H groups in total. The van der Waals surface area contributed by atoms with Gasteiger partial charge < -0.3 is 10.1 Å². The van der Waals surface area contributed by atoms with E-state index in [0.29, 0.717) is 17.9 Å². The Morgan fingerprint density at radius 2 is 2.05 bits per heavy atom. The number of hydrogen-bond acceptors (Lipinski definition) is 3. The molecule has 112 valence electrons. The summed E-state index contributed by atoms with van der Waals surface area (Å²) in [5.74, 6) is -0.387. The van der Waals surface area contributed by atoms with Crippen LogP contribution in [0.5, 0.6) is 5.75 Å². The fourth-order valence-corrected chi connectivity index (χ4v) is 2.24. The molecule has 2 rings (SSSR count). The van der Waals surface area contributed by atoms with Gasteiger partial charge in [-0.2, -0.15) is 5.26 Å². The molecule has 0 saturated heterocycles. The first-order valence-corrected chi connectivity index (χ1v) is 7.03. The van der Waals surface area contributed by atoms with Gasteiger partial charge in [0.25, 0.3) is 0 Å². The number of nitrogens with one attached hydrogen (secondary N) is 1. The molecule has 0 aliphatic heterocycles. The Kier molecular flexibility index (Phi) is 5.16. The van der Waals surface area contributed by atoms with Crippen molar-refractivity contribution in [3.05, 3.63) is 59.7 Å². The van der Waals surface area contributed by atoms with E-state index in [1.165, 1.54) is 0 Å². The predicted octanol–water partition coefficient (Wildman–Crippen LogP) is 3.32. The van der Waals surface area contributed by atoms with Crippen LogP contribution in [0.25, 0.3) is 0 Å². The molecule has 2 aromatic rings. The topological polar surface area (TPSA) is 62.1 Å². The molecule has 0 fully saturated rings. The summed E-state index contributed by atoms with van der Waals surface area (Å²) in [6.45, 7) is 1.95. The van der Waals surface area contributed by atoms with Crippen LogP contribution in [0.1, 0.15) is 11.1 Å². The molecule has 1 atom stereocenters. The molecular formula is C18H18N2O2. The van der Waals surface area contributed by atoms with Crippen molar-refractivity contribution in [1.29, 1.82) is 5.26 Å². The highest BCUT2D eigenvalue weighted by Gasteiger charge is 2.20. The number of amides is 1. The standard InChI is InChI=1S/C18H18N2O2/c1-13-6-5-8-16(10-13)20-18(21)15(12-19)11-14-7-3-4-9-17(14)22-2/h3-10,15H,11H2,1-2H3,(H,20,21). The highest BCUT2D eigenvalue weighted by molar-refractivity contribution is 5.94. The Morgan fingerprint density at radius 3 is 2.73 bits per heavy atom. The third-order valence-electron chi connectivity index (χ3n) is 3.37. The summed E-state index contributed by atoms with van der Waals surface area (Å²) in [6, 6.07) is 17.0. The van der Waals surface area contributed by atoms with Gasteiger partial charge in [0.15, 0.2) is 0 Å². The Bertz CT molecular complexity index is 704. The quantitative estimate of drug-likeness (QED) is 0.920. The Labute approximate surface area is 130 Å². The van der Waals surface area contributed by atoms with Gasteiger partial charge in [0.05, 0.1) is 13.2 Å². The Hall–Kier alpha value is -2.80. The number of benzene rings is 2. The fraction of sp³-hybridized carbons (Fsp3) is 0.222. The molecule has 0 saturated carbocycles. The zero-order valence-corrected chi connectivity index (χ0v) is 12.7. The van der Waals surface area contributed by atoms with Crippen LogP contribution in [-0.4, -0.2) is 13.0 Å². The maximum Gasteiger partial charge on any atom is 0.242 e. The van der Waals surface area contributed by atoms with Crippen molar-refractivity contribution in [3.8, 4) is 11.8 Å². The Morgan fingerprint density at radius 1 is 1.27 bits per heavy atom. The maximum atomic E-state index is 12.3. The smallest absolute Gasteiger partial charge is 0.242 e. The molecule has 0 aromatic heterocycles. The van der Waals surface area contributed by atoms with Crippen LogP contribution in [0.15, 0.2) is 48.5 Å². The van der Waals surface area contributed by atoms with Gasteiger partial charge in [-0.05, 0) is 36.2 Å². The summed E-state index contributed by atoms with van der Waals surface area (Å²) in [6.07, 6.45) is 0.318. The van der Waals surface area contributed by atoms with Crippen LogP contribution in [0.3, 0.4) is 0 Å². The monoisotopic (exact) mass is 294 g/mol. The van der Waals surface area contributed by atoms with Crippen LogP contribution in [0.4, 0.5) is 5.69 Å². The molecule has 0 heterocycles. The number of nitrogens with zero attached hydrogens (tertiary/aromatic N) is 1. The molecule has 4 nitrogen and oxygen atoms in total. The lowest BCUT2D eigenvalue weighted by molar-refractivity contribution is -0.118. The van der Waals surface area contributed by atoms with Gasteiger partial charge in [0.2, 0.25) is 5.91 Å². The number of anilines is 1. The molecular weight excluding hydrogens is 276 g/mol. The van der Waals surface area contributed by atoms with Crippen molar-refractivity contribution < 1.29 is 9.53 Å². The Balaban J connectivity index is 2.11. The lowest BCUT2D eigenvalue weighted by Gasteiger charge is -2.13. The number of aryl methyl sites for hydroxylation is 1. The van der Waals surface area contributed by atoms with Gasteiger partial charge >= 0.3 is 0 Å². The summed E-state index contributed by atoms with van der Waals surface area (Å²) < 4.78 is 5.26. The van der Waals surface area contributed by atoms with Crippen molar-refractivity contribution in [2.45, 2.75) is 13.3 Å². The lowest BCUT2D eigenvalue weighted by Crippen LogP contribution is -2.23. The summed E-state index contributed by atoms with van der Waals surface area (Å²) in [5, 5.41) is 12.1. The lowest BCUT2D eigenvalue weighted by atomic mass is 9.99. The minimum atomic E-state index is -0.767. The molecule has 4 heteroatoms.